The maximum Gasteiger partial charge on any atom is 0.439 e. The molecule has 0 radical (unpaired) electrons. The molecule has 300 valence electrons. The van der Waals surface area contributed by atoms with E-state index in [1.807, 2.05) is 63.7 Å². The van der Waals surface area contributed by atoms with Crippen molar-refractivity contribution in [2.24, 2.45) is 21.1 Å². The molecule has 7 rings (SSSR count). The second-order valence-electron chi connectivity index (χ2n) is 14.0. The van der Waals surface area contributed by atoms with Crippen LogP contribution in [0.15, 0.2) is 36.9 Å². The molecule has 3 aromatic heterocycles. The molecule has 0 amide bonds. The van der Waals surface area contributed by atoms with Crippen LogP contribution in [-0.2, 0) is 46.6 Å². The van der Waals surface area contributed by atoms with Gasteiger partial charge in [-0.2, -0.15) is 13.2 Å². The fourth-order valence-corrected chi connectivity index (χ4v) is 7.56. The fourth-order valence-electron chi connectivity index (χ4n) is 7.56. The van der Waals surface area contributed by atoms with E-state index in [0.717, 1.165) is 39.0 Å². The first-order valence-corrected chi connectivity index (χ1v) is 18.4. The Morgan fingerprint density at radius 3 is 1.44 bits per heavy atom. The van der Waals surface area contributed by atoms with Crippen LogP contribution >= 0.6 is 0 Å². The summed E-state index contributed by atoms with van der Waals surface area (Å²) in [5.41, 5.74) is 3.03. The van der Waals surface area contributed by atoms with Gasteiger partial charge in [0.05, 0.1) is 19.5 Å². The third kappa shape index (κ3) is 7.34. The predicted octanol–water partition coefficient (Wildman–Crippen LogP) is 9.27. The molecule has 6 nitrogen and oxygen atoms in total. The molecule has 7 aromatic rings. The van der Waals surface area contributed by atoms with E-state index >= 15 is 0 Å². The zero-order valence-corrected chi connectivity index (χ0v) is 33.8. The minimum absolute atomic E-state index is 0.0673. The number of benzene rings is 4. The van der Waals surface area contributed by atoms with E-state index in [1.54, 1.807) is 31.1 Å². The van der Waals surface area contributed by atoms with Gasteiger partial charge in [-0.1, -0.05) is 49.7 Å². The van der Waals surface area contributed by atoms with Crippen LogP contribution in [0.5, 0.6) is 0 Å². The zero-order valence-electron chi connectivity index (χ0n) is 33.8. The van der Waals surface area contributed by atoms with Gasteiger partial charge in [0.25, 0.3) is 12.7 Å². The highest BCUT2D eigenvalue weighted by atomic mass is 19.4. The summed E-state index contributed by atoms with van der Waals surface area (Å²) < 4.78 is 115. The van der Waals surface area contributed by atoms with Gasteiger partial charge in [0.15, 0.2) is 18.1 Å². The van der Waals surface area contributed by atoms with Crippen molar-refractivity contribution in [3.63, 3.8) is 0 Å². The van der Waals surface area contributed by atoms with Crippen molar-refractivity contribution in [3.8, 4) is 0 Å². The number of hydrogen-bond donors (Lipinski definition) is 0. The minimum Gasteiger partial charge on any atom is -0.236 e. The molecule has 14 heteroatoms. The van der Waals surface area contributed by atoms with Crippen molar-refractivity contribution < 1.29 is 48.9 Å². The molecule has 0 N–H and O–H groups in total. The number of aryl methyl sites for hydroxylation is 9. The van der Waals surface area contributed by atoms with E-state index in [-0.39, 0.29) is 34.3 Å². The molecule has 0 unspecified atom stereocenters. The molecular formula is C43H45F8N6+3. The minimum atomic E-state index is -4.79. The largest absolute Gasteiger partial charge is 0.439 e. The van der Waals surface area contributed by atoms with E-state index < -0.39 is 40.5 Å². The normalized spacial score (nSPS) is 11.6. The molecule has 0 aliphatic carbocycles. The molecule has 0 bridgehead atoms. The first-order valence-electron chi connectivity index (χ1n) is 18.4. The number of halogens is 8. The van der Waals surface area contributed by atoms with Crippen LogP contribution < -0.4 is 13.8 Å². The topological polar surface area (TPSA) is 50.3 Å². The first kappa shape index (κ1) is 42.7. The van der Waals surface area contributed by atoms with Crippen LogP contribution in [0.4, 0.5) is 35.1 Å². The van der Waals surface area contributed by atoms with Crippen molar-refractivity contribution in [2.75, 3.05) is 0 Å². The zero-order chi connectivity index (χ0) is 42.4. The van der Waals surface area contributed by atoms with Crippen LogP contribution in [0.2, 0.25) is 0 Å². The van der Waals surface area contributed by atoms with Gasteiger partial charge in [-0.05, 0) is 55.5 Å². The maximum absolute atomic E-state index is 14.8. The number of alkyl halides is 3. The maximum atomic E-state index is 14.8. The van der Waals surface area contributed by atoms with E-state index in [9.17, 15) is 35.1 Å². The number of rotatable bonds is 3. The second kappa shape index (κ2) is 16.2. The highest BCUT2D eigenvalue weighted by molar-refractivity contribution is 6.01. The lowest BCUT2D eigenvalue weighted by Gasteiger charge is -2.14. The number of aromatic nitrogens is 6. The quantitative estimate of drug-likeness (QED) is 0.102. The van der Waals surface area contributed by atoms with Gasteiger partial charge >= 0.3 is 6.18 Å². The van der Waals surface area contributed by atoms with Crippen LogP contribution in [-0.4, -0.2) is 15.1 Å². The lowest BCUT2D eigenvalue weighted by Crippen LogP contribution is -2.41. The summed E-state index contributed by atoms with van der Waals surface area (Å²) in [6.45, 7) is 13.2. The summed E-state index contributed by atoms with van der Waals surface area (Å²) >= 11 is 0. The van der Waals surface area contributed by atoms with Gasteiger partial charge in [0, 0.05) is 57.4 Å². The average Bonchev–Trinajstić information content (AvgIpc) is 3.19. The van der Waals surface area contributed by atoms with Crippen molar-refractivity contribution in [3.05, 3.63) is 117 Å². The van der Waals surface area contributed by atoms with E-state index in [1.165, 1.54) is 27.8 Å². The smallest absolute Gasteiger partial charge is 0.236 e. The Hall–Kier alpha value is -5.40. The van der Waals surface area contributed by atoms with Crippen molar-refractivity contribution in [1.29, 1.82) is 0 Å². The number of fused-ring (bicyclic) bond motifs is 4. The van der Waals surface area contributed by atoms with Crippen molar-refractivity contribution >= 4 is 43.4 Å². The van der Waals surface area contributed by atoms with Gasteiger partial charge in [0.2, 0.25) is 11.4 Å². The fraction of sp³-hybridized carbons (Fsp3) is 0.349. The molecule has 0 spiro atoms. The lowest BCUT2D eigenvalue weighted by molar-refractivity contribution is -0.737. The van der Waals surface area contributed by atoms with Crippen LogP contribution in [0.3, 0.4) is 0 Å². The SMILES string of the molecule is CCc1c2c(F)c(C)c(F)c(C)c2c(C(F)(F)F)n[n+]1C.CCc1c2c(F)c(C)c(F)c(C)c2nc[n+]1C.CCc1c2c(F)c3ccccc3c(C)c2nc[n+]1C. The Morgan fingerprint density at radius 1 is 0.509 bits per heavy atom. The molecule has 57 heavy (non-hydrogen) atoms. The molecule has 4 aromatic carbocycles. The predicted molar refractivity (Wildman–Crippen MR) is 203 cm³/mol. The standard InChI is InChI=1S/C16H16FN2.C14H14F5N2.C13H15F2N2/c1-4-13-14-15(17)12-8-6-5-7-11(12)10(2)16(14)18-9-19(13)3;1-5-8-10-9(6(2)11(15)7(3)12(10)16)13(14(17,18)19)20-21(8)4;1-5-9-10-12(15)7(2)11(14)8(3)13(10)16-6-17(9)4/h5-9H,4H2,1-3H3;5H2,1-4H3;6H,5H2,1-4H3/q3*+1. The highest BCUT2D eigenvalue weighted by Crippen LogP contribution is 2.38. The highest BCUT2D eigenvalue weighted by Gasteiger charge is 2.41. The van der Waals surface area contributed by atoms with Gasteiger partial charge in [-0.3, -0.25) is 0 Å². The van der Waals surface area contributed by atoms with Gasteiger partial charge in [-0.15, -0.1) is 0 Å². The van der Waals surface area contributed by atoms with Gasteiger partial charge in [-0.25, -0.2) is 31.1 Å². The Balaban J connectivity index is 0.000000164. The van der Waals surface area contributed by atoms with Gasteiger partial charge < -0.3 is 0 Å². The Morgan fingerprint density at radius 2 is 0.947 bits per heavy atom. The first-order chi connectivity index (χ1) is 26.7. The van der Waals surface area contributed by atoms with Crippen LogP contribution in [0.1, 0.15) is 71.4 Å². The number of nitrogens with zero attached hydrogens (tertiary/aromatic N) is 6. The van der Waals surface area contributed by atoms with E-state index in [4.69, 9.17) is 0 Å². The van der Waals surface area contributed by atoms with Crippen molar-refractivity contribution in [1.82, 2.24) is 15.1 Å². The molecule has 0 aliphatic rings. The van der Waals surface area contributed by atoms with E-state index in [2.05, 4.69) is 15.1 Å². The third-order valence-corrected chi connectivity index (χ3v) is 10.6. The van der Waals surface area contributed by atoms with Crippen molar-refractivity contribution in [2.45, 2.75) is 80.8 Å². The monoisotopic (exact) mass is 797 g/mol. The van der Waals surface area contributed by atoms with Crippen LogP contribution in [0, 0.1) is 63.7 Å². The van der Waals surface area contributed by atoms with E-state index in [0.29, 0.717) is 39.4 Å². The molecular weight excluding hydrogens is 752 g/mol. The van der Waals surface area contributed by atoms with Gasteiger partial charge in [0.1, 0.15) is 51.2 Å². The molecule has 0 saturated carbocycles. The molecule has 0 atom stereocenters. The Bertz CT molecular complexity index is 2730. The lowest BCUT2D eigenvalue weighted by atomic mass is 9.97. The summed E-state index contributed by atoms with van der Waals surface area (Å²) in [4.78, 5) is 8.56. The summed E-state index contributed by atoms with van der Waals surface area (Å²) in [6, 6.07) is 7.60. The summed E-state index contributed by atoms with van der Waals surface area (Å²) in [6.07, 6.45) is 0.312. The van der Waals surface area contributed by atoms with Crippen LogP contribution in [0.25, 0.3) is 43.4 Å². The third-order valence-electron chi connectivity index (χ3n) is 10.6. The summed E-state index contributed by atoms with van der Waals surface area (Å²) in [7, 11) is 5.05. The molecule has 0 aliphatic heterocycles. The summed E-state index contributed by atoms with van der Waals surface area (Å²) in [5, 5.41) is 5.47. The second-order valence-corrected chi connectivity index (χ2v) is 14.0. The molecule has 0 fully saturated rings. The number of hydrogen-bond acceptors (Lipinski definition) is 3. The average molecular weight is 798 g/mol. The molecule has 3 heterocycles. The Labute approximate surface area is 325 Å². The molecule has 0 saturated heterocycles. The summed E-state index contributed by atoms with van der Waals surface area (Å²) in [5.74, 6) is -3.09. The Kier molecular flexibility index (Phi) is 12.2.